The summed E-state index contributed by atoms with van der Waals surface area (Å²) in [7, 11) is 0. The first kappa shape index (κ1) is 12.5. The van der Waals surface area contributed by atoms with Gasteiger partial charge in [0.1, 0.15) is 11.6 Å². The summed E-state index contributed by atoms with van der Waals surface area (Å²) in [6, 6.07) is 0. The maximum absolute atomic E-state index is 11.8. The molecule has 0 radical (unpaired) electrons. The van der Waals surface area contributed by atoms with Crippen LogP contribution in [0.4, 0.5) is 0 Å². The van der Waals surface area contributed by atoms with Crippen molar-refractivity contribution in [2.24, 2.45) is 5.73 Å². The summed E-state index contributed by atoms with van der Waals surface area (Å²) < 4.78 is 10.6. The minimum atomic E-state index is -0.807. The molecule has 88 valence electrons. The fourth-order valence-corrected chi connectivity index (χ4v) is 1.60. The molecule has 4 nitrogen and oxygen atoms in total. The van der Waals surface area contributed by atoms with Crippen LogP contribution in [0, 0.1) is 0 Å². The third kappa shape index (κ3) is 3.18. The van der Waals surface area contributed by atoms with Crippen molar-refractivity contribution in [3.8, 4) is 0 Å². The fraction of sp³-hybridized carbons (Fsp3) is 0.909. The summed E-state index contributed by atoms with van der Waals surface area (Å²) in [5.41, 5.74) is 5.14. The van der Waals surface area contributed by atoms with Crippen molar-refractivity contribution in [1.82, 2.24) is 0 Å². The van der Waals surface area contributed by atoms with E-state index in [1.165, 1.54) is 0 Å². The highest BCUT2D eigenvalue weighted by atomic mass is 16.6. The van der Waals surface area contributed by atoms with Crippen LogP contribution in [-0.4, -0.2) is 30.8 Å². The lowest BCUT2D eigenvalue weighted by molar-refractivity contribution is -0.160. The highest BCUT2D eigenvalue weighted by Crippen LogP contribution is 2.18. The van der Waals surface area contributed by atoms with Crippen molar-refractivity contribution in [3.63, 3.8) is 0 Å². The van der Waals surface area contributed by atoms with Gasteiger partial charge in [-0.1, -0.05) is 13.8 Å². The minimum Gasteiger partial charge on any atom is -0.461 e. The van der Waals surface area contributed by atoms with Crippen molar-refractivity contribution in [1.29, 1.82) is 0 Å². The third-order valence-electron chi connectivity index (χ3n) is 3.11. The van der Waals surface area contributed by atoms with Crippen molar-refractivity contribution in [2.75, 3.05) is 13.2 Å². The van der Waals surface area contributed by atoms with Crippen LogP contribution in [0.5, 0.6) is 0 Å². The van der Waals surface area contributed by atoms with E-state index in [-0.39, 0.29) is 12.1 Å². The van der Waals surface area contributed by atoms with Crippen LogP contribution in [-0.2, 0) is 14.3 Å². The number of hydrogen-bond donors (Lipinski definition) is 1. The van der Waals surface area contributed by atoms with E-state index in [2.05, 4.69) is 0 Å². The maximum atomic E-state index is 11.8. The number of hydrogen-bond acceptors (Lipinski definition) is 4. The van der Waals surface area contributed by atoms with Gasteiger partial charge in [-0.25, -0.2) is 0 Å². The standard InChI is InChI=1S/C11H21NO3/c1-3-11(12,4-2)10(13)15-9-5-7-14-8-6-9/h9H,3-8,12H2,1-2H3. The number of ether oxygens (including phenoxy) is 2. The van der Waals surface area contributed by atoms with Crippen molar-refractivity contribution >= 4 is 5.97 Å². The molecule has 0 spiro atoms. The second kappa shape index (κ2) is 5.47. The Morgan fingerprint density at radius 3 is 2.40 bits per heavy atom. The molecule has 0 unspecified atom stereocenters. The number of carbonyl (C=O) groups excluding carboxylic acids is 1. The number of carbonyl (C=O) groups is 1. The first-order chi connectivity index (χ1) is 7.12. The highest BCUT2D eigenvalue weighted by Gasteiger charge is 2.33. The van der Waals surface area contributed by atoms with Gasteiger partial charge >= 0.3 is 5.97 Å². The van der Waals surface area contributed by atoms with Crippen molar-refractivity contribution < 1.29 is 14.3 Å². The van der Waals surface area contributed by atoms with Crippen LogP contribution in [0.3, 0.4) is 0 Å². The summed E-state index contributed by atoms with van der Waals surface area (Å²) >= 11 is 0. The monoisotopic (exact) mass is 215 g/mol. The Morgan fingerprint density at radius 1 is 1.40 bits per heavy atom. The van der Waals surface area contributed by atoms with Gasteiger partial charge in [-0.3, -0.25) is 4.79 Å². The van der Waals surface area contributed by atoms with E-state index in [1.807, 2.05) is 13.8 Å². The molecule has 0 amide bonds. The van der Waals surface area contributed by atoms with Crippen LogP contribution in [0.1, 0.15) is 39.5 Å². The summed E-state index contributed by atoms with van der Waals surface area (Å²) in [5.74, 6) is -0.264. The molecule has 1 heterocycles. The van der Waals surface area contributed by atoms with Gasteiger partial charge in [0.15, 0.2) is 0 Å². The average molecular weight is 215 g/mol. The lowest BCUT2D eigenvalue weighted by atomic mass is 9.94. The fourth-order valence-electron chi connectivity index (χ4n) is 1.60. The van der Waals surface area contributed by atoms with Gasteiger partial charge in [-0.2, -0.15) is 0 Å². The van der Waals surface area contributed by atoms with E-state index < -0.39 is 5.54 Å². The van der Waals surface area contributed by atoms with Gasteiger partial charge in [-0.15, -0.1) is 0 Å². The van der Waals surface area contributed by atoms with Crippen LogP contribution in [0.25, 0.3) is 0 Å². The summed E-state index contributed by atoms with van der Waals surface area (Å²) in [5, 5.41) is 0. The number of rotatable bonds is 4. The van der Waals surface area contributed by atoms with Crippen LogP contribution < -0.4 is 5.73 Å². The Hall–Kier alpha value is -0.610. The van der Waals surface area contributed by atoms with Gasteiger partial charge in [-0.05, 0) is 12.8 Å². The zero-order valence-electron chi connectivity index (χ0n) is 9.62. The third-order valence-corrected chi connectivity index (χ3v) is 3.11. The smallest absolute Gasteiger partial charge is 0.326 e. The Bertz CT molecular complexity index is 208. The second-order valence-electron chi connectivity index (χ2n) is 4.08. The molecule has 4 heteroatoms. The lowest BCUT2D eigenvalue weighted by Gasteiger charge is -2.29. The Balaban J connectivity index is 2.45. The van der Waals surface area contributed by atoms with Gasteiger partial charge in [0.2, 0.25) is 0 Å². The van der Waals surface area contributed by atoms with E-state index in [9.17, 15) is 4.79 Å². The topological polar surface area (TPSA) is 61.6 Å². The molecule has 2 N–H and O–H groups in total. The van der Waals surface area contributed by atoms with Crippen LogP contribution >= 0.6 is 0 Å². The Labute approximate surface area is 91.1 Å². The quantitative estimate of drug-likeness (QED) is 0.716. The van der Waals surface area contributed by atoms with Gasteiger partial charge in [0.25, 0.3) is 0 Å². The summed E-state index contributed by atoms with van der Waals surface area (Å²) in [4.78, 5) is 11.8. The molecule has 0 atom stereocenters. The lowest BCUT2D eigenvalue weighted by Crippen LogP contribution is -2.49. The van der Waals surface area contributed by atoms with Crippen LogP contribution in [0.15, 0.2) is 0 Å². The van der Waals surface area contributed by atoms with Crippen LogP contribution in [0.2, 0.25) is 0 Å². The molecular formula is C11H21NO3. The van der Waals surface area contributed by atoms with Gasteiger partial charge in [0.05, 0.1) is 13.2 Å². The van der Waals surface area contributed by atoms with E-state index in [1.54, 1.807) is 0 Å². The Kier molecular flexibility index (Phi) is 4.54. The largest absolute Gasteiger partial charge is 0.461 e. The van der Waals surface area contributed by atoms with E-state index in [0.29, 0.717) is 26.1 Å². The molecular weight excluding hydrogens is 194 g/mol. The molecule has 1 aliphatic rings. The molecule has 0 bridgehead atoms. The molecule has 0 aromatic carbocycles. The zero-order valence-corrected chi connectivity index (χ0v) is 9.62. The Morgan fingerprint density at radius 2 is 1.93 bits per heavy atom. The molecule has 0 aromatic heterocycles. The first-order valence-electron chi connectivity index (χ1n) is 5.70. The molecule has 0 aromatic rings. The maximum Gasteiger partial charge on any atom is 0.326 e. The van der Waals surface area contributed by atoms with Crippen molar-refractivity contribution in [3.05, 3.63) is 0 Å². The van der Waals surface area contributed by atoms with E-state index in [0.717, 1.165) is 12.8 Å². The zero-order chi connectivity index (χ0) is 11.3. The molecule has 0 aliphatic carbocycles. The van der Waals surface area contributed by atoms with Crippen molar-refractivity contribution in [2.45, 2.75) is 51.2 Å². The molecule has 1 fully saturated rings. The summed E-state index contributed by atoms with van der Waals surface area (Å²) in [6.45, 7) is 5.17. The molecule has 15 heavy (non-hydrogen) atoms. The predicted octanol–water partition coefficient (Wildman–Crippen LogP) is 1.23. The molecule has 1 saturated heterocycles. The predicted molar refractivity (Wildman–Crippen MR) is 57.4 cm³/mol. The molecule has 0 saturated carbocycles. The molecule has 1 aliphatic heterocycles. The second-order valence-corrected chi connectivity index (χ2v) is 4.08. The highest BCUT2D eigenvalue weighted by molar-refractivity contribution is 5.80. The van der Waals surface area contributed by atoms with E-state index in [4.69, 9.17) is 15.2 Å². The number of esters is 1. The normalized spacial score (nSPS) is 18.9. The number of nitrogens with two attached hydrogens (primary N) is 1. The molecule has 1 rings (SSSR count). The van der Waals surface area contributed by atoms with Gasteiger partial charge in [0, 0.05) is 12.8 Å². The summed E-state index contributed by atoms with van der Waals surface area (Å²) in [6.07, 6.45) is 2.80. The SMILES string of the molecule is CCC(N)(CC)C(=O)OC1CCOCC1. The van der Waals surface area contributed by atoms with E-state index >= 15 is 0 Å². The average Bonchev–Trinajstić information content (AvgIpc) is 2.29. The first-order valence-corrected chi connectivity index (χ1v) is 5.70. The minimum absolute atomic E-state index is 0.00715. The van der Waals surface area contributed by atoms with Gasteiger partial charge < -0.3 is 15.2 Å².